The van der Waals surface area contributed by atoms with E-state index in [9.17, 15) is 0 Å². The topological polar surface area (TPSA) is 129 Å². The van der Waals surface area contributed by atoms with E-state index in [4.69, 9.17) is 38.2 Å². The summed E-state index contributed by atoms with van der Waals surface area (Å²) in [5, 5.41) is 17.7. The first-order valence-electron chi connectivity index (χ1n) is 50.0. The molecule has 0 N–H and O–H groups in total. The Kier molecular flexibility index (Phi) is 20.8. The molecule has 0 amide bonds. The van der Waals surface area contributed by atoms with Gasteiger partial charge in [-0.1, -0.05) is 326 Å². The van der Waals surface area contributed by atoms with Gasteiger partial charge in [-0.25, -0.2) is 24.9 Å². The predicted molar refractivity (Wildman–Crippen MR) is 628 cm³/mol. The summed E-state index contributed by atoms with van der Waals surface area (Å²) in [4.78, 5) is 24.2. The molecule has 35 rings (SSSR count). The predicted octanol–water partition coefficient (Wildman–Crippen LogP) is 36.9. The Bertz CT molecular complexity index is 10400. The van der Waals surface area contributed by atoms with Gasteiger partial charge in [-0.15, -0.1) is 22.7 Å². The molecule has 0 radical (unpaired) electrons. The molecule has 0 fully saturated rings. The second-order valence-electron chi connectivity index (χ2n) is 38.2. The van der Waals surface area contributed by atoms with Crippen LogP contribution in [0, 0.1) is 0 Å². The number of hydrogen-bond acceptors (Lipinski definition) is 15. The van der Waals surface area contributed by atoms with Crippen LogP contribution in [0.25, 0.3) is 245 Å². The zero-order valence-electron chi connectivity index (χ0n) is 80.0. The van der Waals surface area contributed by atoms with Crippen molar-refractivity contribution < 1.29 is 13.3 Å². The Morgan fingerprint density at radius 3 is 0.967 bits per heavy atom. The number of fused-ring (bicyclic) bond motifs is 40. The van der Waals surface area contributed by atoms with Crippen LogP contribution in [0.1, 0.15) is 27.8 Å². The zero-order valence-corrected chi connectivity index (χ0v) is 85.7. The molecule has 0 bridgehead atoms. The van der Waals surface area contributed by atoms with E-state index in [-0.39, 0.29) is 0 Å². The maximum Gasteiger partial charge on any atom is 0.174 e. The summed E-state index contributed by atoms with van der Waals surface area (Å²) in [5.41, 5.74) is 41.7. The second-order valence-corrected chi connectivity index (χ2v) is 45.1. The van der Waals surface area contributed by atoms with Gasteiger partial charge in [0.1, 0.15) is 33.5 Å². The summed E-state index contributed by atoms with van der Waals surface area (Å²) in [6.45, 7) is 0. The number of benzene rings is 20. The molecule has 0 saturated heterocycles. The lowest BCUT2D eigenvalue weighted by molar-refractivity contribution is 0.668. The summed E-state index contributed by atoms with van der Waals surface area (Å²) in [5.74, 6) is 4.76. The summed E-state index contributed by atoms with van der Waals surface area (Å²) in [6.07, 6.45) is 0. The molecule has 13 nitrogen and oxygen atoms in total. The van der Waals surface area contributed by atoms with Crippen LogP contribution < -0.4 is 0 Å². The average molecular weight is 2050 g/mol. The number of aromatic nitrogens is 10. The van der Waals surface area contributed by atoms with Gasteiger partial charge >= 0.3 is 0 Å². The molecule has 0 saturated carbocycles. The summed E-state index contributed by atoms with van der Waals surface area (Å²) >= 11 is 12.8. The van der Waals surface area contributed by atoms with Crippen molar-refractivity contribution >= 4 is 243 Å². The number of thioether (sulfide) groups is 5. The molecule has 20 heteroatoms. The van der Waals surface area contributed by atoms with Crippen LogP contribution in [0.5, 0.6) is 0 Å². The van der Waals surface area contributed by atoms with Crippen molar-refractivity contribution in [1.29, 1.82) is 0 Å². The van der Waals surface area contributed by atoms with Gasteiger partial charge in [-0.05, 0) is 236 Å². The fourth-order valence-corrected chi connectivity index (χ4v) is 29.8. The first kappa shape index (κ1) is 87.5. The van der Waals surface area contributed by atoms with E-state index in [2.05, 4.69) is 393 Å². The van der Waals surface area contributed by atoms with Crippen molar-refractivity contribution in [2.24, 2.45) is 0 Å². The minimum atomic E-state index is 0.927. The highest BCUT2D eigenvalue weighted by Gasteiger charge is 2.30. The highest BCUT2D eigenvalue weighted by atomic mass is 32.2. The molecule has 710 valence electrons. The normalized spacial score (nSPS) is 13.1. The molecule has 15 heterocycles. The Morgan fingerprint density at radius 2 is 0.480 bits per heavy atom. The molecular formula is C130H80N10O3S7. The summed E-state index contributed by atoms with van der Waals surface area (Å²) in [7, 11) is 0. The van der Waals surface area contributed by atoms with Crippen molar-refractivity contribution in [1.82, 2.24) is 47.8 Å². The smallest absolute Gasteiger partial charge is 0.174 e. The number of rotatable bonds is 5. The van der Waals surface area contributed by atoms with Gasteiger partial charge in [0.2, 0.25) is 0 Å². The number of nitrogens with zero attached hydrogens (tertiary/aromatic N) is 10. The Morgan fingerprint density at radius 1 is 0.187 bits per heavy atom. The van der Waals surface area contributed by atoms with Crippen LogP contribution in [0.3, 0.4) is 0 Å². The quantitative estimate of drug-likeness (QED) is 0.162. The lowest BCUT2D eigenvalue weighted by atomic mass is 9.97. The van der Waals surface area contributed by atoms with E-state index in [1.54, 1.807) is 35.3 Å². The first-order valence-corrected chi connectivity index (χ1v) is 56.6. The van der Waals surface area contributed by atoms with Gasteiger partial charge in [0, 0.05) is 107 Å². The van der Waals surface area contributed by atoms with Gasteiger partial charge in [0.25, 0.3) is 0 Å². The molecule has 30 aromatic rings. The summed E-state index contributed by atoms with van der Waals surface area (Å²) in [6, 6.07) is 151. The third kappa shape index (κ3) is 14.6. The lowest BCUT2D eigenvalue weighted by Gasteiger charge is -2.20. The van der Waals surface area contributed by atoms with E-state index in [1.165, 1.54) is 158 Å². The first-order chi connectivity index (χ1) is 74.3. The van der Waals surface area contributed by atoms with E-state index in [1.807, 2.05) is 101 Å². The zero-order chi connectivity index (χ0) is 98.3. The van der Waals surface area contributed by atoms with Crippen molar-refractivity contribution in [2.75, 3.05) is 0 Å². The third-order valence-electron chi connectivity index (χ3n) is 29.6. The second kappa shape index (κ2) is 35.6. The fourth-order valence-electron chi connectivity index (χ4n) is 22.5. The minimum Gasteiger partial charge on any atom is -0.456 e. The van der Waals surface area contributed by atoms with Gasteiger partial charge in [-0.2, -0.15) is 0 Å². The van der Waals surface area contributed by atoms with Crippen LogP contribution in [-0.4, -0.2) is 47.8 Å². The highest BCUT2D eigenvalue weighted by Crippen LogP contribution is 2.51. The fraction of sp³-hybridized carbons (Fsp3) is 0.0385. The van der Waals surface area contributed by atoms with Gasteiger partial charge < -0.3 is 13.3 Å². The maximum atomic E-state index is 6.28. The van der Waals surface area contributed by atoms with Crippen LogP contribution in [0.2, 0.25) is 0 Å². The average Bonchev–Trinajstić information content (AvgIpc) is 1.58. The van der Waals surface area contributed by atoms with Gasteiger partial charge in [-0.3, -0.25) is 22.8 Å². The molecule has 5 aliphatic heterocycles. The molecule has 150 heavy (non-hydrogen) atoms. The van der Waals surface area contributed by atoms with Gasteiger partial charge in [0.05, 0.1) is 83.6 Å². The van der Waals surface area contributed by atoms with Crippen molar-refractivity contribution in [2.45, 2.75) is 54.5 Å². The molecule has 10 aromatic heterocycles. The molecule has 0 unspecified atom stereocenters. The van der Waals surface area contributed by atoms with Crippen LogP contribution >= 0.6 is 81.5 Å². The van der Waals surface area contributed by atoms with Crippen LogP contribution in [-0.2, 0) is 28.8 Å². The van der Waals surface area contributed by atoms with Gasteiger partial charge in [0.15, 0.2) is 25.8 Å². The van der Waals surface area contributed by atoms with E-state index in [0.29, 0.717) is 0 Å². The molecule has 0 aliphatic carbocycles. The largest absolute Gasteiger partial charge is 0.456 e. The third-order valence-corrected chi connectivity index (χ3v) is 36.9. The van der Waals surface area contributed by atoms with E-state index >= 15 is 0 Å². The number of thiophene rings is 2. The molecule has 20 aromatic carbocycles. The highest BCUT2D eigenvalue weighted by molar-refractivity contribution is 7.99. The standard InChI is InChI=1S/3C26H16N2OS.2C26H16N2S2/c1-4-11-24-19(6-1)20-8-5-7-18(25(20)29-24)16-12-13-17-15-30-26-27-21-9-2-3-10-22(21)28(26)23(17)14-16;1-4-10-23-19(6-1)25-18(7-5-11-24(25)29-23)16-12-13-17-15-30-26-27-20-8-2-3-9-21(20)28(26)22(17)14-16;1-4-8-24-19(5-1)20-13-16(11-12-25(20)29-24)17-9-10-18-15-30-26-27-21-6-2-3-7-22(21)28(26)23(18)14-17;1-4-10-23-19(6-1)25-18(7-5-11-24(25)30-23)16-12-13-17-15-29-26-27-20-8-2-3-9-21(20)28(26)22(17)14-16;1-4-8-24-19(5-1)20-13-16(11-12-25(20)30-24)17-9-10-18-15-29-26-27-21-6-2-3-7-22(21)28(26)23(18)14-17/h5*1-14H,15H2. The molecule has 0 spiro atoms. The number of para-hydroxylation sites is 14. The Labute approximate surface area is 887 Å². The van der Waals surface area contributed by atoms with E-state index < -0.39 is 0 Å². The molecular weight excluding hydrogens is 1970 g/mol. The lowest BCUT2D eigenvalue weighted by Crippen LogP contribution is -2.06. The maximum absolute atomic E-state index is 6.28. The van der Waals surface area contributed by atoms with Crippen LogP contribution in [0.15, 0.2) is 464 Å². The molecule has 5 aliphatic rings. The SMILES string of the molecule is c1ccc2c(c1)nc1n2-c2cc(-c3ccc4oc5ccccc5c4c3)ccc2CS1.c1ccc2c(c1)nc1n2-c2cc(-c3ccc4sc5ccccc5c4c3)ccc2CS1.c1ccc2c(c1)nc1n2-c2cc(-c3cccc4c3oc3ccccc34)ccc2CS1.c1ccc2c(c1)nc1n2-c2cc(-c3cccc4oc5ccccc5c34)ccc2CS1.c1ccc2c(c1)nc1n2-c2cc(-c3cccc4sc5ccccc5c34)ccc2CS1. The summed E-state index contributed by atoms with van der Waals surface area (Å²) < 4.78 is 35.3. The Balaban J connectivity index is 0.0000000844. The number of furan rings is 3. The monoisotopic (exact) mass is 2050 g/mol. The molecule has 0 atom stereocenters. The number of imidazole rings is 5. The van der Waals surface area contributed by atoms with Crippen molar-refractivity contribution in [3.05, 3.63) is 452 Å². The minimum absolute atomic E-state index is 0.927. The van der Waals surface area contributed by atoms with Crippen molar-refractivity contribution in [3.63, 3.8) is 0 Å². The number of hydrogen-bond donors (Lipinski definition) is 0. The van der Waals surface area contributed by atoms with Crippen molar-refractivity contribution in [3.8, 4) is 84.1 Å². The van der Waals surface area contributed by atoms with E-state index in [0.717, 1.165) is 170 Å². The van der Waals surface area contributed by atoms with Crippen LogP contribution in [0.4, 0.5) is 0 Å². The Hall–Kier alpha value is -16.7.